The molecule has 1 fully saturated rings. The summed E-state index contributed by atoms with van der Waals surface area (Å²) >= 11 is 4.54. The van der Waals surface area contributed by atoms with Gasteiger partial charge >= 0.3 is 5.97 Å². The van der Waals surface area contributed by atoms with Gasteiger partial charge in [-0.15, -0.1) is 0 Å². The van der Waals surface area contributed by atoms with Gasteiger partial charge < -0.3 is 10.1 Å². The minimum absolute atomic E-state index is 0.148. The van der Waals surface area contributed by atoms with Crippen LogP contribution in [0, 0.1) is 11.3 Å². The van der Waals surface area contributed by atoms with Crippen LogP contribution in [0.15, 0.2) is 93.9 Å². The third-order valence-electron chi connectivity index (χ3n) is 5.51. The first kappa shape index (κ1) is 26.2. The molecule has 1 aliphatic heterocycles. The number of nitriles is 1. The Morgan fingerprint density at radius 2 is 1.73 bits per heavy atom. The molecule has 0 spiro atoms. The van der Waals surface area contributed by atoms with Gasteiger partial charge in [0.2, 0.25) is 5.91 Å². The first-order chi connectivity index (χ1) is 17.9. The van der Waals surface area contributed by atoms with E-state index in [1.807, 2.05) is 12.1 Å². The number of carbonyl (C=O) groups excluding carboxylic acids is 3. The predicted octanol–water partition coefficient (Wildman–Crippen LogP) is 5.69. The van der Waals surface area contributed by atoms with Crippen molar-refractivity contribution < 1.29 is 19.1 Å². The minimum atomic E-state index is -0.597. The van der Waals surface area contributed by atoms with Crippen molar-refractivity contribution >= 4 is 56.9 Å². The molecule has 186 valence electrons. The van der Waals surface area contributed by atoms with Crippen LogP contribution < -0.4 is 10.2 Å². The van der Waals surface area contributed by atoms with Gasteiger partial charge in [-0.3, -0.25) is 14.5 Å². The SMILES string of the molecule is CCOC(=O)c1ccc(C[C@@H]2S/C(=C(/C#N)C(=O)Nc3ccc(Br)cc3)N(c3ccccc3)C2=O)cc1. The van der Waals surface area contributed by atoms with Crippen LogP contribution in [0.4, 0.5) is 11.4 Å². The molecule has 0 unspecified atom stereocenters. The van der Waals surface area contributed by atoms with E-state index in [0.29, 0.717) is 23.4 Å². The van der Waals surface area contributed by atoms with Gasteiger partial charge in [-0.05, 0) is 67.4 Å². The lowest BCUT2D eigenvalue weighted by Crippen LogP contribution is -2.30. The molecule has 4 rings (SSSR count). The lowest BCUT2D eigenvalue weighted by Gasteiger charge is -2.18. The van der Waals surface area contributed by atoms with E-state index in [1.54, 1.807) is 79.7 Å². The number of nitrogens with zero attached hydrogens (tertiary/aromatic N) is 2. The highest BCUT2D eigenvalue weighted by molar-refractivity contribution is 9.10. The van der Waals surface area contributed by atoms with E-state index < -0.39 is 17.1 Å². The van der Waals surface area contributed by atoms with Crippen LogP contribution >= 0.6 is 27.7 Å². The van der Waals surface area contributed by atoms with Crippen molar-refractivity contribution in [2.75, 3.05) is 16.8 Å². The molecule has 0 aromatic heterocycles. The Labute approximate surface area is 227 Å². The fraction of sp³-hybridized carbons (Fsp3) is 0.143. The maximum atomic E-state index is 13.6. The topological polar surface area (TPSA) is 99.5 Å². The number of ether oxygens (including phenoxy) is 1. The summed E-state index contributed by atoms with van der Waals surface area (Å²) in [6.07, 6.45) is 0.354. The van der Waals surface area contributed by atoms with Crippen molar-refractivity contribution in [3.63, 3.8) is 0 Å². The summed E-state index contributed by atoms with van der Waals surface area (Å²) in [5.74, 6) is -1.23. The molecule has 0 bridgehead atoms. The number of rotatable bonds is 7. The molecule has 1 N–H and O–H groups in total. The molecular weight excluding hydrogens is 554 g/mol. The van der Waals surface area contributed by atoms with Crippen LogP contribution in [0.2, 0.25) is 0 Å². The molecular formula is C28H22BrN3O4S. The second-order valence-corrected chi connectivity index (χ2v) is 10.1. The maximum absolute atomic E-state index is 13.6. The average molecular weight is 576 g/mol. The number of esters is 1. The minimum Gasteiger partial charge on any atom is -0.462 e. The van der Waals surface area contributed by atoms with Gasteiger partial charge in [0.05, 0.1) is 17.4 Å². The summed E-state index contributed by atoms with van der Waals surface area (Å²) < 4.78 is 5.88. The third-order valence-corrected chi connectivity index (χ3v) is 7.30. The quantitative estimate of drug-likeness (QED) is 0.221. The van der Waals surface area contributed by atoms with Gasteiger partial charge in [-0.1, -0.05) is 58.0 Å². The zero-order valence-electron chi connectivity index (χ0n) is 19.8. The number of hydrogen-bond donors (Lipinski definition) is 1. The standard InChI is InChI=1S/C28H22BrN3O4S/c1-2-36-28(35)19-10-8-18(9-11-19)16-24-26(34)32(22-6-4-3-5-7-22)27(37-24)23(17-30)25(33)31-21-14-12-20(29)13-15-21/h3-15,24H,2,16H2,1H3,(H,31,33)/b27-23-/t24-/m0/s1. The lowest BCUT2D eigenvalue weighted by molar-refractivity contribution is -0.117. The fourth-order valence-electron chi connectivity index (χ4n) is 3.73. The van der Waals surface area contributed by atoms with Gasteiger partial charge in [0.15, 0.2) is 0 Å². The molecule has 7 nitrogen and oxygen atoms in total. The monoisotopic (exact) mass is 575 g/mol. The predicted molar refractivity (Wildman–Crippen MR) is 147 cm³/mol. The molecule has 1 heterocycles. The van der Waals surface area contributed by atoms with Crippen molar-refractivity contribution in [2.24, 2.45) is 0 Å². The molecule has 1 saturated heterocycles. The van der Waals surface area contributed by atoms with Crippen LogP contribution in [0.5, 0.6) is 0 Å². The van der Waals surface area contributed by atoms with Crippen LogP contribution in [-0.4, -0.2) is 29.6 Å². The van der Waals surface area contributed by atoms with Crippen molar-refractivity contribution in [1.82, 2.24) is 0 Å². The average Bonchev–Trinajstić information content (AvgIpc) is 3.22. The number of halogens is 1. The van der Waals surface area contributed by atoms with Gasteiger partial charge in [0, 0.05) is 15.8 Å². The Morgan fingerprint density at radius 1 is 1.05 bits per heavy atom. The van der Waals surface area contributed by atoms with E-state index in [2.05, 4.69) is 21.2 Å². The van der Waals surface area contributed by atoms with E-state index in [1.165, 1.54) is 16.7 Å². The van der Waals surface area contributed by atoms with Crippen molar-refractivity contribution in [3.05, 3.63) is 105 Å². The number of hydrogen-bond acceptors (Lipinski definition) is 6. The first-order valence-corrected chi connectivity index (χ1v) is 13.1. The number of benzene rings is 3. The zero-order chi connectivity index (χ0) is 26.4. The number of nitrogens with one attached hydrogen (secondary N) is 1. The van der Waals surface area contributed by atoms with E-state index in [4.69, 9.17) is 4.74 Å². The van der Waals surface area contributed by atoms with Gasteiger partial charge in [0.25, 0.3) is 5.91 Å². The summed E-state index contributed by atoms with van der Waals surface area (Å²) in [5.41, 5.74) is 2.22. The Bertz CT molecular complexity index is 1380. The Morgan fingerprint density at radius 3 is 2.35 bits per heavy atom. The number of carbonyl (C=O) groups is 3. The summed E-state index contributed by atoms with van der Waals surface area (Å²) in [6.45, 7) is 2.03. The number of amides is 2. The molecule has 1 atom stereocenters. The summed E-state index contributed by atoms with van der Waals surface area (Å²) in [7, 11) is 0. The van der Waals surface area contributed by atoms with Crippen molar-refractivity contribution in [3.8, 4) is 6.07 Å². The van der Waals surface area contributed by atoms with Crippen LogP contribution in [0.3, 0.4) is 0 Å². The Balaban J connectivity index is 1.64. The maximum Gasteiger partial charge on any atom is 0.338 e. The smallest absolute Gasteiger partial charge is 0.338 e. The molecule has 1 aliphatic rings. The summed E-state index contributed by atoms with van der Waals surface area (Å²) in [6, 6.07) is 24.8. The highest BCUT2D eigenvalue weighted by atomic mass is 79.9. The molecule has 0 aliphatic carbocycles. The third kappa shape index (κ3) is 6.10. The van der Waals surface area contributed by atoms with Crippen LogP contribution in [-0.2, 0) is 20.7 Å². The molecule has 2 amide bonds. The molecule has 3 aromatic carbocycles. The van der Waals surface area contributed by atoms with E-state index >= 15 is 0 Å². The zero-order valence-corrected chi connectivity index (χ0v) is 22.2. The van der Waals surface area contributed by atoms with E-state index in [9.17, 15) is 19.6 Å². The second-order valence-electron chi connectivity index (χ2n) is 7.99. The molecule has 0 radical (unpaired) electrons. The number of para-hydroxylation sites is 1. The van der Waals surface area contributed by atoms with Gasteiger partial charge in [-0.2, -0.15) is 5.26 Å². The van der Waals surface area contributed by atoms with Gasteiger partial charge in [-0.25, -0.2) is 4.79 Å². The molecule has 0 saturated carbocycles. The highest BCUT2D eigenvalue weighted by Gasteiger charge is 2.40. The van der Waals surface area contributed by atoms with Crippen LogP contribution in [0.1, 0.15) is 22.8 Å². The fourth-order valence-corrected chi connectivity index (χ4v) is 5.30. The largest absolute Gasteiger partial charge is 0.462 e. The van der Waals surface area contributed by atoms with Gasteiger partial charge in [0.1, 0.15) is 16.7 Å². The Kier molecular flexibility index (Phi) is 8.43. The normalized spacial score (nSPS) is 16.2. The van der Waals surface area contributed by atoms with Crippen LogP contribution in [0.25, 0.3) is 0 Å². The molecule has 3 aromatic rings. The highest BCUT2D eigenvalue weighted by Crippen LogP contribution is 2.42. The van der Waals surface area contributed by atoms with Crippen molar-refractivity contribution in [1.29, 1.82) is 5.26 Å². The second kappa shape index (κ2) is 11.9. The molecule has 9 heteroatoms. The Hall–Kier alpha value is -3.87. The number of anilines is 2. The van der Waals surface area contributed by atoms with E-state index in [-0.39, 0.29) is 23.1 Å². The van der Waals surface area contributed by atoms with Crippen molar-refractivity contribution in [2.45, 2.75) is 18.6 Å². The number of thioether (sulfide) groups is 1. The summed E-state index contributed by atoms with van der Waals surface area (Å²) in [5, 5.41) is 12.4. The first-order valence-electron chi connectivity index (χ1n) is 11.4. The lowest BCUT2D eigenvalue weighted by atomic mass is 10.1. The molecule has 37 heavy (non-hydrogen) atoms. The van der Waals surface area contributed by atoms with E-state index in [0.717, 1.165) is 10.0 Å². The summed E-state index contributed by atoms with van der Waals surface area (Å²) in [4.78, 5) is 40.1.